The van der Waals surface area contributed by atoms with Crippen molar-refractivity contribution in [3.05, 3.63) is 28.3 Å². The van der Waals surface area contributed by atoms with Gasteiger partial charge in [-0.3, -0.25) is 0 Å². The fourth-order valence-corrected chi connectivity index (χ4v) is 2.25. The Morgan fingerprint density at radius 3 is 3.00 bits per heavy atom. The van der Waals surface area contributed by atoms with Crippen LogP contribution in [0.25, 0.3) is 0 Å². The van der Waals surface area contributed by atoms with E-state index in [2.05, 4.69) is 0 Å². The summed E-state index contributed by atoms with van der Waals surface area (Å²) in [6.45, 7) is 0. The van der Waals surface area contributed by atoms with Crippen molar-refractivity contribution in [3.8, 4) is 5.75 Å². The van der Waals surface area contributed by atoms with Crippen LogP contribution in [0, 0.1) is 0 Å². The van der Waals surface area contributed by atoms with Crippen molar-refractivity contribution in [3.63, 3.8) is 0 Å². The first-order chi connectivity index (χ1) is 6.72. The second-order valence-electron chi connectivity index (χ2n) is 3.68. The van der Waals surface area contributed by atoms with Gasteiger partial charge in [0.05, 0.1) is 12.1 Å². The highest BCUT2D eigenvalue weighted by molar-refractivity contribution is 6.32. The molecule has 0 fully saturated rings. The monoisotopic (exact) mass is 211 g/mol. The number of benzene rings is 1. The third-order valence-electron chi connectivity index (χ3n) is 2.77. The van der Waals surface area contributed by atoms with Crippen LogP contribution in [0.3, 0.4) is 0 Å². The predicted octanol–water partition coefficient (Wildman–Crippen LogP) is 2.68. The average Bonchev–Trinajstić information content (AvgIpc) is 2.19. The van der Waals surface area contributed by atoms with Crippen LogP contribution in [0.15, 0.2) is 12.1 Å². The third kappa shape index (κ3) is 1.60. The Bertz CT molecular complexity index is 351. The number of nitrogens with two attached hydrogens (primary N) is 1. The van der Waals surface area contributed by atoms with Crippen LogP contribution in [-0.2, 0) is 6.42 Å². The molecule has 2 rings (SSSR count). The van der Waals surface area contributed by atoms with Crippen LogP contribution in [0.1, 0.15) is 30.0 Å². The average molecular weight is 212 g/mol. The molecule has 0 amide bonds. The van der Waals surface area contributed by atoms with E-state index >= 15 is 0 Å². The van der Waals surface area contributed by atoms with E-state index in [4.69, 9.17) is 22.1 Å². The summed E-state index contributed by atoms with van der Waals surface area (Å²) in [5.74, 6) is 0.750. The molecule has 1 aromatic carbocycles. The van der Waals surface area contributed by atoms with Gasteiger partial charge in [0.25, 0.3) is 0 Å². The summed E-state index contributed by atoms with van der Waals surface area (Å²) in [4.78, 5) is 0. The molecule has 0 radical (unpaired) electrons. The third-order valence-corrected chi connectivity index (χ3v) is 3.07. The molecule has 0 heterocycles. The maximum atomic E-state index is 6.05. The Morgan fingerprint density at radius 1 is 1.50 bits per heavy atom. The summed E-state index contributed by atoms with van der Waals surface area (Å²) in [6.07, 6.45) is 3.28. The van der Waals surface area contributed by atoms with Gasteiger partial charge in [-0.1, -0.05) is 11.6 Å². The summed E-state index contributed by atoms with van der Waals surface area (Å²) in [5.41, 5.74) is 8.47. The molecule has 0 saturated heterocycles. The number of methoxy groups -OCH3 is 1. The summed E-state index contributed by atoms with van der Waals surface area (Å²) < 4.78 is 5.17. The Hall–Kier alpha value is -0.730. The number of halogens is 1. The lowest BCUT2D eigenvalue weighted by atomic mass is 9.88. The second kappa shape index (κ2) is 3.79. The van der Waals surface area contributed by atoms with Gasteiger partial charge in [-0.15, -0.1) is 0 Å². The molecule has 0 unspecified atom stereocenters. The van der Waals surface area contributed by atoms with Gasteiger partial charge in [-0.25, -0.2) is 0 Å². The molecule has 0 spiro atoms. The molecule has 2 N–H and O–H groups in total. The predicted molar refractivity (Wildman–Crippen MR) is 57.9 cm³/mol. The van der Waals surface area contributed by atoms with E-state index in [-0.39, 0.29) is 6.04 Å². The molecule has 76 valence electrons. The van der Waals surface area contributed by atoms with Gasteiger partial charge in [-0.2, -0.15) is 0 Å². The summed E-state index contributed by atoms with van der Waals surface area (Å²) in [6, 6.07) is 4.10. The van der Waals surface area contributed by atoms with Crippen LogP contribution in [0.4, 0.5) is 0 Å². The maximum Gasteiger partial charge on any atom is 0.137 e. The number of rotatable bonds is 1. The van der Waals surface area contributed by atoms with Crippen molar-refractivity contribution in [2.24, 2.45) is 5.73 Å². The van der Waals surface area contributed by atoms with Crippen LogP contribution < -0.4 is 10.5 Å². The molecular weight excluding hydrogens is 198 g/mol. The van der Waals surface area contributed by atoms with Gasteiger partial charge in [0.2, 0.25) is 0 Å². The summed E-state index contributed by atoms with van der Waals surface area (Å²) in [7, 11) is 1.64. The number of fused-ring (bicyclic) bond motifs is 1. The minimum Gasteiger partial charge on any atom is -0.495 e. The van der Waals surface area contributed by atoms with Crippen LogP contribution in [0.2, 0.25) is 5.02 Å². The largest absolute Gasteiger partial charge is 0.495 e. The van der Waals surface area contributed by atoms with E-state index in [9.17, 15) is 0 Å². The first kappa shape index (κ1) is 9.81. The topological polar surface area (TPSA) is 35.2 Å². The normalized spacial score (nSPS) is 20.4. The molecule has 1 aliphatic rings. The SMILES string of the molecule is COc1cc2c(cc1Cl)[C@H](N)CCC2. The number of hydrogen-bond donors (Lipinski definition) is 1. The lowest BCUT2D eigenvalue weighted by Gasteiger charge is -2.23. The first-order valence-corrected chi connectivity index (χ1v) is 5.22. The van der Waals surface area contributed by atoms with E-state index in [0.717, 1.165) is 25.0 Å². The molecule has 1 atom stereocenters. The standard InChI is InChI=1S/C11H14ClNO/c1-14-11-5-7-3-2-4-10(13)8(7)6-9(11)12/h5-6,10H,2-4,13H2,1H3/t10-/m1/s1. The van der Waals surface area contributed by atoms with Crippen molar-refractivity contribution < 1.29 is 4.74 Å². The minimum absolute atomic E-state index is 0.141. The Labute approximate surface area is 89.0 Å². The van der Waals surface area contributed by atoms with Crippen molar-refractivity contribution in [1.29, 1.82) is 0 Å². The fourth-order valence-electron chi connectivity index (χ4n) is 2.00. The number of ether oxygens (including phenoxy) is 1. The van der Waals surface area contributed by atoms with Crippen molar-refractivity contribution in [1.82, 2.24) is 0 Å². The van der Waals surface area contributed by atoms with Gasteiger partial charge in [0.15, 0.2) is 0 Å². The zero-order chi connectivity index (χ0) is 10.1. The van der Waals surface area contributed by atoms with Crippen LogP contribution in [-0.4, -0.2) is 7.11 Å². The van der Waals surface area contributed by atoms with E-state index < -0.39 is 0 Å². The van der Waals surface area contributed by atoms with Gasteiger partial charge in [0, 0.05) is 6.04 Å². The summed E-state index contributed by atoms with van der Waals surface area (Å²) in [5, 5.41) is 0.656. The molecule has 1 aromatic rings. The lowest BCUT2D eigenvalue weighted by molar-refractivity contribution is 0.413. The second-order valence-corrected chi connectivity index (χ2v) is 4.09. The molecule has 14 heavy (non-hydrogen) atoms. The lowest BCUT2D eigenvalue weighted by Crippen LogP contribution is -2.17. The van der Waals surface area contributed by atoms with Gasteiger partial charge < -0.3 is 10.5 Å². The van der Waals surface area contributed by atoms with Crippen LogP contribution >= 0.6 is 11.6 Å². The highest BCUT2D eigenvalue weighted by Crippen LogP contribution is 2.35. The molecule has 0 aromatic heterocycles. The van der Waals surface area contributed by atoms with Gasteiger partial charge in [-0.05, 0) is 42.5 Å². The smallest absolute Gasteiger partial charge is 0.137 e. The quantitative estimate of drug-likeness (QED) is 0.775. The van der Waals surface area contributed by atoms with Crippen molar-refractivity contribution >= 4 is 11.6 Å². The Kier molecular flexibility index (Phi) is 2.66. The van der Waals surface area contributed by atoms with Crippen molar-refractivity contribution in [2.45, 2.75) is 25.3 Å². The highest BCUT2D eigenvalue weighted by atomic mass is 35.5. The van der Waals surface area contributed by atoms with E-state index in [1.807, 2.05) is 12.1 Å². The Morgan fingerprint density at radius 2 is 2.29 bits per heavy atom. The van der Waals surface area contributed by atoms with Gasteiger partial charge in [0.1, 0.15) is 5.75 Å². The molecule has 2 nitrogen and oxygen atoms in total. The van der Waals surface area contributed by atoms with E-state index in [0.29, 0.717) is 5.02 Å². The molecule has 0 bridgehead atoms. The van der Waals surface area contributed by atoms with Crippen molar-refractivity contribution in [2.75, 3.05) is 7.11 Å². The minimum atomic E-state index is 0.141. The number of aryl methyl sites for hydroxylation is 1. The zero-order valence-corrected chi connectivity index (χ0v) is 8.97. The first-order valence-electron chi connectivity index (χ1n) is 4.84. The fraction of sp³-hybridized carbons (Fsp3) is 0.455. The zero-order valence-electron chi connectivity index (χ0n) is 8.22. The van der Waals surface area contributed by atoms with Gasteiger partial charge >= 0.3 is 0 Å². The highest BCUT2D eigenvalue weighted by Gasteiger charge is 2.18. The molecule has 3 heteroatoms. The van der Waals surface area contributed by atoms with Crippen LogP contribution in [0.5, 0.6) is 5.75 Å². The molecule has 0 aliphatic heterocycles. The maximum absolute atomic E-state index is 6.05. The van der Waals surface area contributed by atoms with E-state index in [1.165, 1.54) is 11.1 Å². The molecule has 1 aliphatic carbocycles. The number of hydrogen-bond acceptors (Lipinski definition) is 2. The molecular formula is C11H14ClNO. The Balaban J connectivity index is 2.48. The van der Waals surface area contributed by atoms with E-state index in [1.54, 1.807) is 7.11 Å². The summed E-state index contributed by atoms with van der Waals surface area (Å²) >= 11 is 6.05. The molecule has 0 saturated carbocycles.